The Bertz CT molecular complexity index is 383. The smallest absolute Gasteiger partial charge is 0.324 e. The largest absolute Gasteiger partial charge is 0.330 e. The molecule has 3 heteroatoms. The Hall–Kier alpha value is -1.51. The molecule has 3 nitrogen and oxygen atoms in total. The predicted octanol–water partition coefficient (Wildman–Crippen LogP) is 3.51. The second kappa shape index (κ2) is 5.89. The highest BCUT2D eigenvalue weighted by Gasteiger charge is 2.27. The first-order valence-corrected chi connectivity index (χ1v) is 6.75. The van der Waals surface area contributed by atoms with Crippen LogP contribution in [0.5, 0.6) is 0 Å². The van der Waals surface area contributed by atoms with E-state index in [9.17, 15) is 4.79 Å². The monoisotopic (exact) mass is 246 g/mol. The molecule has 0 radical (unpaired) electrons. The first-order chi connectivity index (χ1) is 8.70. The summed E-state index contributed by atoms with van der Waals surface area (Å²) >= 11 is 0. The van der Waals surface area contributed by atoms with Gasteiger partial charge in [0.05, 0.1) is 0 Å². The van der Waals surface area contributed by atoms with Crippen LogP contribution in [0.3, 0.4) is 0 Å². The predicted molar refractivity (Wildman–Crippen MR) is 74.9 cm³/mol. The molecule has 1 aromatic carbocycles. The van der Waals surface area contributed by atoms with Crippen molar-refractivity contribution in [3.8, 4) is 0 Å². The third-order valence-electron chi connectivity index (χ3n) is 3.56. The van der Waals surface area contributed by atoms with Crippen LogP contribution in [-0.4, -0.2) is 31.1 Å². The molecule has 98 valence electrons. The van der Waals surface area contributed by atoms with Gasteiger partial charge >= 0.3 is 6.03 Å². The lowest BCUT2D eigenvalue weighted by molar-refractivity contribution is 0.218. The number of anilines is 1. The second-order valence-electron chi connectivity index (χ2n) is 5.17. The lowest BCUT2D eigenvalue weighted by Gasteiger charge is -2.36. The van der Waals surface area contributed by atoms with Crippen molar-refractivity contribution in [1.29, 1.82) is 0 Å². The van der Waals surface area contributed by atoms with Gasteiger partial charge in [0.2, 0.25) is 0 Å². The molecule has 0 spiro atoms. The summed E-state index contributed by atoms with van der Waals surface area (Å²) in [6.07, 6.45) is 6.00. The van der Waals surface area contributed by atoms with Gasteiger partial charge in [-0.1, -0.05) is 37.5 Å². The summed E-state index contributed by atoms with van der Waals surface area (Å²) in [5.41, 5.74) is 1.02. The van der Waals surface area contributed by atoms with E-state index < -0.39 is 0 Å². The lowest BCUT2D eigenvalue weighted by atomic mass is 9.94. The minimum atomic E-state index is 0.0908. The van der Waals surface area contributed by atoms with Crippen molar-refractivity contribution in [2.24, 2.45) is 0 Å². The van der Waals surface area contributed by atoms with Crippen molar-refractivity contribution >= 4 is 11.7 Å². The van der Waals surface area contributed by atoms with Gasteiger partial charge in [-0.15, -0.1) is 0 Å². The van der Waals surface area contributed by atoms with Gasteiger partial charge in [0.15, 0.2) is 0 Å². The van der Waals surface area contributed by atoms with Crippen LogP contribution in [-0.2, 0) is 0 Å². The number of carbonyl (C=O) groups excluding carboxylic acids is 1. The number of hydrogen-bond acceptors (Lipinski definition) is 1. The fourth-order valence-corrected chi connectivity index (χ4v) is 2.62. The Morgan fingerprint density at radius 2 is 1.67 bits per heavy atom. The van der Waals surface area contributed by atoms with E-state index in [-0.39, 0.29) is 6.03 Å². The number of amides is 2. The molecule has 1 fully saturated rings. The number of urea groups is 1. The first-order valence-electron chi connectivity index (χ1n) is 6.75. The fraction of sp³-hybridized carbons (Fsp3) is 0.533. The van der Waals surface area contributed by atoms with Crippen LogP contribution >= 0.6 is 0 Å². The SMILES string of the molecule is CN(C)C(=O)N(c1ccccc1)C1CCCCC1. The van der Waals surface area contributed by atoms with E-state index in [1.807, 2.05) is 49.3 Å². The zero-order valence-electron chi connectivity index (χ0n) is 11.3. The first kappa shape index (κ1) is 12.9. The molecule has 0 saturated heterocycles. The van der Waals surface area contributed by atoms with Gasteiger partial charge in [0.1, 0.15) is 0 Å². The fourth-order valence-electron chi connectivity index (χ4n) is 2.62. The summed E-state index contributed by atoms with van der Waals surface area (Å²) in [6.45, 7) is 0. The van der Waals surface area contributed by atoms with Gasteiger partial charge in [-0.25, -0.2) is 4.79 Å². The molecule has 0 aliphatic heterocycles. The molecule has 0 N–H and O–H groups in total. The Morgan fingerprint density at radius 3 is 2.22 bits per heavy atom. The van der Waals surface area contributed by atoms with Crippen molar-refractivity contribution in [2.75, 3.05) is 19.0 Å². The van der Waals surface area contributed by atoms with E-state index in [0.717, 1.165) is 18.5 Å². The van der Waals surface area contributed by atoms with Crippen LogP contribution in [0.15, 0.2) is 30.3 Å². The average molecular weight is 246 g/mol. The molecule has 0 heterocycles. The maximum absolute atomic E-state index is 12.4. The van der Waals surface area contributed by atoms with Crippen LogP contribution in [0, 0.1) is 0 Å². The lowest BCUT2D eigenvalue weighted by Crippen LogP contribution is -2.46. The van der Waals surface area contributed by atoms with Crippen LogP contribution < -0.4 is 4.90 Å². The molecule has 1 aliphatic rings. The molecule has 1 saturated carbocycles. The zero-order chi connectivity index (χ0) is 13.0. The highest BCUT2D eigenvalue weighted by atomic mass is 16.2. The standard InChI is InChI=1S/C15H22N2O/c1-16(2)15(18)17(13-9-5-3-6-10-13)14-11-7-4-8-12-14/h3,5-6,9-10,14H,4,7-8,11-12H2,1-2H3. The molecule has 0 unspecified atom stereocenters. The summed E-state index contributed by atoms with van der Waals surface area (Å²) < 4.78 is 0. The van der Waals surface area contributed by atoms with Gasteiger partial charge in [-0.05, 0) is 25.0 Å². The molecule has 0 bridgehead atoms. The molecule has 2 rings (SSSR count). The summed E-state index contributed by atoms with van der Waals surface area (Å²) in [7, 11) is 3.64. The highest BCUT2D eigenvalue weighted by Crippen LogP contribution is 2.27. The maximum Gasteiger partial charge on any atom is 0.324 e. The number of hydrogen-bond donors (Lipinski definition) is 0. The van der Waals surface area contributed by atoms with Gasteiger partial charge in [-0.2, -0.15) is 0 Å². The Morgan fingerprint density at radius 1 is 1.06 bits per heavy atom. The third-order valence-corrected chi connectivity index (χ3v) is 3.56. The zero-order valence-corrected chi connectivity index (χ0v) is 11.3. The van der Waals surface area contributed by atoms with Gasteiger partial charge in [-0.3, -0.25) is 4.90 Å². The minimum Gasteiger partial charge on any atom is -0.330 e. The van der Waals surface area contributed by atoms with Gasteiger partial charge < -0.3 is 4.90 Å². The molecule has 1 aromatic rings. The summed E-state index contributed by atoms with van der Waals surface area (Å²) in [5.74, 6) is 0. The van der Waals surface area contributed by atoms with E-state index >= 15 is 0 Å². The molecule has 0 aromatic heterocycles. The number of para-hydroxylation sites is 1. The minimum absolute atomic E-state index is 0.0908. The molecule has 0 atom stereocenters. The van der Waals surface area contributed by atoms with E-state index in [4.69, 9.17) is 0 Å². The second-order valence-corrected chi connectivity index (χ2v) is 5.17. The van der Waals surface area contributed by atoms with Gasteiger partial charge in [0.25, 0.3) is 0 Å². The molecule has 2 amide bonds. The summed E-state index contributed by atoms with van der Waals surface area (Å²) in [6, 6.07) is 10.5. The van der Waals surface area contributed by atoms with Crippen LogP contribution in [0.1, 0.15) is 32.1 Å². The number of rotatable bonds is 2. The van der Waals surface area contributed by atoms with Crippen molar-refractivity contribution < 1.29 is 4.79 Å². The Balaban J connectivity index is 2.25. The van der Waals surface area contributed by atoms with E-state index in [2.05, 4.69) is 0 Å². The van der Waals surface area contributed by atoms with Crippen LogP contribution in [0.2, 0.25) is 0 Å². The quantitative estimate of drug-likeness (QED) is 0.783. The molecular formula is C15H22N2O. The van der Waals surface area contributed by atoms with Crippen molar-refractivity contribution in [2.45, 2.75) is 38.1 Å². The van der Waals surface area contributed by atoms with Crippen molar-refractivity contribution in [3.63, 3.8) is 0 Å². The number of benzene rings is 1. The highest BCUT2D eigenvalue weighted by molar-refractivity contribution is 5.92. The third kappa shape index (κ3) is 2.84. The molecule has 1 aliphatic carbocycles. The topological polar surface area (TPSA) is 23.6 Å². The maximum atomic E-state index is 12.4. The average Bonchev–Trinajstić information content (AvgIpc) is 2.41. The molecule has 18 heavy (non-hydrogen) atoms. The normalized spacial score (nSPS) is 16.3. The van der Waals surface area contributed by atoms with E-state index in [1.165, 1.54) is 19.3 Å². The Labute approximate surface area is 109 Å². The number of nitrogens with zero attached hydrogens (tertiary/aromatic N) is 2. The summed E-state index contributed by atoms with van der Waals surface area (Å²) in [5, 5.41) is 0. The van der Waals surface area contributed by atoms with E-state index in [1.54, 1.807) is 4.90 Å². The van der Waals surface area contributed by atoms with E-state index in [0.29, 0.717) is 6.04 Å². The van der Waals surface area contributed by atoms with Crippen molar-refractivity contribution in [1.82, 2.24) is 4.90 Å². The van der Waals surface area contributed by atoms with Crippen LogP contribution in [0.25, 0.3) is 0 Å². The van der Waals surface area contributed by atoms with Crippen LogP contribution in [0.4, 0.5) is 10.5 Å². The number of carbonyl (C=O) groups is 1. The Kier molecular flexibility index (Phi) is 4.24. The van der Waals surface area contributed by atoms with Gasteiger partial charge in [0, 0.05) is 25.8 Å². The van der Waals surface area contributed by atoms with Crippen molar-refractivity contribution in [3.05, 3.63) is 30.3 Å². The summed E-state index contributed by atoms with van der Waals surface area (Å²) in [4.78, 5) is 16.0. The molecular weight excluding hydrogens is 224 g/mol.